The molecule has 4 heteroatoms. The van der Waals surface area contributed by atoms with Crippen molar-refractivity contribution >= 4 is 43.5 Å². The number of hydrogen-bond donors (Lipinski definition) is 0. The van der Waals surface area contributed by atoms with Crippen LogP contribution in [0.4, 0.5) is 0 Å². The Morgan fingerprint density at radius 1 is 0.333 bits per heavy atom. The molecule has 9 rings (SSSR count). The monoisotopic (exact) mass is 575 g/mol. The van der Waals surface area contributed by atoms with E-state index in [1.54, 1.807) is 0 Å². The fraction of sp³-hybridized carbons (Fsp3) is 0. The van der Waals surface area contributed by atoms with E-state index in [1.807, 2.05) is 24.3 Å². The van der Waals surface area contributed by atoms with Crippen molar-refractivity contribution in [1.82, 2.24) is 15.0 Å². The fourth-order valence-corrected chi connectivity index (χ4v) is 6.22. The van der Waals surface area contributed by atoms with Crippen molar-refractivity contribution in [3.63, 3.8) is 0 Å². The van der Waals surface area contributed by atoms with Crippen LogP contribution >= 0.6 is 0 Å². The molecule has 0 spiro atoms. The van der Waals surface area contributed by atoms with Crippen molar-refractivity contribution in [2.75, 3.05) is 0 Å². The van der Waals surface area contributed by atoms with Gasteiger partial charge in [0.15, 0.2) is 17.5 Å². The summed E-state index contributed by atoms with van der Waals surface area (Å²) in [7, 11) is 0. The summed E-state index contributed by atoms with van der Waals surface area (Å²) in [5.74, 6) is 1.86. The molecule has 0 saturated heterocycles. The van der Waals surface area contributed by atoms with Crippen LogP contribution in [0.1, 0.15) is 0 Å². The molecular formula is C41H25N3O. The van der Waals surface area contributed by atoms with Gasteiger partial charge in [-0.2, -0.15) is 0 Å². The molecule has 0 bridgehead atoms. The van der Waals surface area contributed by atoms with Crippen LogP contribution in [-0.4, -0.2) is 15.0 Å². The van der Waals surface area contributed by atoms with Crippen LogP contribution in [0.2, 0.25) is 0 Å². The van der Waals surface area contributed by atoms with Gasteiger partial charge in [-0.15, -0.1) is 0 Å². The maximum absolute atomic E-state index is 6.21. The van der Waals surface area contributed by atoms with Crippen molar-refractivity contribution in [1.29, 1.82) is 0 Å². The van der Waals surface area contributed by atoms with E-state index in [0.29, 0.717) is 17.5 Å². The normalized spacial score (nSPS) is 11.6. The third kappa shape index (κ3) is 4.43. The van der Waals surface area contributed by atoms with Gasteiger partial charge in [0.05, 0.1) is 0 Å². The van der Waals surface area contributed by atoms with Gasteiger partial charge in [0.1, 0.15) is 11.2 Å². The summed E-state index contributed by atoms with van der Waals surface area (Å²) >= 11 is 0. The standard InChI is InChI=1S/C41H25N3O/c1-2-10-30-24-31(21-18-26(30)8-1)27-16-19-29(20-17-27)39-42-40(32-22-23-35-34-13-5-6-15-37(34)45-38(35)25-32)44-41(43-39)36-14-7-11-28-9-3-4-12-33(28)36/h1-25H. The second-order valence-corrected chi connectivity index (χ2v) is 11.3. The van der Waals surface area contributed by atoms with Gasteiger partial charge < -0.3 is 4.42 Å². The molecule has 9 aromatic rings. The average molecular weight is 576 g/mol. The molecule has 0 aliphatic carbocycles. The molecule has 4 nitrogen and oxygen atoms in total. The van der Waals surface area contributed by atoms with Crippen LogP contribution in [0, 0.1) is 0 Å². The number of nitrogens with zero attached hydrogens (tertiary/aromatic N) is 3. The summed E-state index contributed by atoms with van der Waals surface area (Å²) in [4.78, 5) is 15.1. The molecule has 0 amide bonds. The van der Waals surface area contributed by atoms with E-state index < -0.39 is 0 Å². The molecule has 2 heterocycles. The topological polar surface area (TPSA) is 51.8 Å². The van der Waals surface area contributed by atoms with E-state index in [0.717, 1.165) is 55.0 Å². The maximum atomic E-state index is 6.21. The van der Waals surface area contributed by atoms with Crippen LogP contribution in [0.5, 0.6) is 0 Å². The van der Waals surface area contributed by atoms with Crippen LogP contribution in [0.15, 0.2) is 156 Å². The Kier molecular flexibility index (Phi) is 5.78. The molecule has 0 aliphatic heterocycles. The summed E-state index contributed by atoms with van der Waals surface area (Å²) < 4.78 is 6.21. The van der Waals surface area contributed by atoms with Crippen molar-refractivity contribution in [3.05, 3.63) is 152 Å². The fourth-order valence-electron chi connectivity index (χ4n) is 6.22. The predicted octanol–water partition coefficient (Wildman–Crippen LogP) is 10.7. The summed E-state index contributed by atoms with van der Waals surface area (Å²) in [6.07, 6.45) is 0. The Balaban J connectivity index is 1.19. The first-order valence-electron chi connectivity index (χ1n) is 15.0. The minimum atomic E-state index is 0.601. The highest BCUT2D eigenvalue weighted by molar-refractivity contribution is 6.05. The van der Waals surface area contributed by atoms with Crippen LogP contribution in [0.25, 0.3) is 88.8 Å². The molecular weight excluding hydrogens is 550 g/mol. The molecule has 0 fully saturated rings. The van der Waals surface area contributed by atoms with Crippen LogP contribution < -0.4 is 0 Å². The number of hydrogen-bond acceptors (Lipinski definition) is 4. The maximum Gasteiger partial charge on any atom is 0.164 e. The lowest BCUT2D eigenvalue weighted by Crippen LogP contribution is -2.00. The van der Waals surface area contributed by atoms with Gasteiger partial charge in [-0.3, -0.25) is 0 Å². The first-order chi connectivity index (χ1) is 22.3. The quantitative estimate of drug-likeness (QED) is 0.209. The number of para-hydroxylation sites is 1. The Bertz CT molecular complexity index is 2540. The summed E-state index contributed by atoms with van der Waals surface area (Å²) in [6, 6.07) is 52.4. The summed E-state index contributed by atoms with van der Waals surface area (Å²) in [5, 5.41) is 6.87. The molecule has 0 N–H and O–H groups in total. The smallest absolute Gasteiger partial charge is 0.164 e. The molecule has 0 unspecified atom stereocenters. The van der Waals surface area contributed by atoms with E-state index in [9.17, 15) is 0 Å². The number of aromatic nitrogens is 3. The van der Waals surface area contributed by atoms with E-state index in [-0.39, 0.29) is 0 Å². The van der Waals surface area contributed by atoms with Crippen molar-refractivity contribution in [2.45, 2.75) is 0 Å². The molecule has 210 valence electrons. The lowest BCUT2D eigenvalue weighted by Gasteiger charge is -2.11. The lowest BCUT2D eigenvalue weighted by atomic mass is 10.00. The Morgan fingerprint density at radius 3 is 1.80 bits per heavy atom. The molecule has 0 aliphatic rings. The lowest BCUT2D eigenvalue weighted by molar-refractivity contribution is 0.669. The van der Waals surface area contributed by atoms with Crippen molar-refractivity contribution < 1.29 is 4.42 Å². The minimum Gasteiger partial charge on any atom is -0.456 e. The SMILES string of the molecule is c1ccc2cc(-c3ccc(-c4nc(-c5ccc6c(c5)oc5ccccc56)nc(-c5cccc6ccccc56)n4)cc3)ccc2c1. The van der Waals surface area contributed by atoms with Gasteiger partial charge in [-0.05, 0) is 56.9 Å². The van der Waals surface area contributed by atoms with Crippen LogP contribution in [0.3, 0.4) is 0 Å². The molecule has 0 saturated carbocycles. The van der Waals surface area contributed by atoms with Gasteiger partial charge in [-0.25, -0.2) is 15.0 Å². The van der Waals surface area contributed by atoms with Crippen molar-refractivity contribution in [2.24, 2.45) is 0 Å². The molecule has 0 radical (unpaired) electrons. The zero-order chi connectivity index (χ0) is 29.7. The Hall–Kier alpha value is -6.13. The first kappa shape index (κ1) is 25.4. The first-order valence-corrected chi connectivity index (χ1v) is 15.0. The molecule has 2 aromatic heterocycles. The summed E-state index contributed by atoms with van der Waals surface area (Å²) in [6.45, 7) is 0. The zero-order valence-electron chi connectivity index (χ0n) is 24.2. The average Bonchev–Trinajstić information content (AvgIpc) is 3.49. The zero-order valence-corrected chi connectivity index (χ0v) is 24.2. The van der Waals surface area contributed by atoms with Crippen molar-refractivity contribution in [3.8, 4) is 45.3 Å². The highest BCUT2D eigenvalue weighted by Gasteiger charge is 2.16. The second kappa shape index (κ2) is 10.2. The van der Waals surface area contributed by atoms with Gasteiger partial charge >= 0.3 is 0 Å². The Morgan fingerprint density at radius 2 is 0.933 bits per heavy atom. The molecule has 7 aromatic carbocycles. The minimum absolute atomic E-state index is 0.601. The third-order valence-corrected chi connectivity index (χ3v) is 8.53. The largest absolute Gasteiger partial charge is 0.456 e. The number of fused-ring (bicyclic) bond motifs is 5. The predicted molar refractivity (Wildman–Crippen MR) is 184 cm³/mol. The number of benzene rings is 7. The molecule has 45 heavy (non-hydrogen) atoms. The van der Waals surface area contributed by atoms with Gasteiger partial charge in [-0.1, -0.05) is 127 Å². The highest BCUT2D eigenvalue weighted by atomic mass is 16.3. The Labute approximate surface area is 259 Å². The number of rotatable bonds is 4. The van der Waals surface area contributed by atoms with Gasteiger partial charge in [0.25, 0.3) is 0 Å². The van der Waals surface area contributed by atoms with Crippen LogP contribution in [-0.2, 0) is 0 Å². The summed E-state index contributed by atoms with van der Waals surface area (Å²) in [5.41, 5.74) is 6.76. The second-order valence-electron chi connectivity index (χ2n) is 11.3. The van der Waals surface area contributed by atoms with Gasteiger partial charge in [0.2, 0.25) is 0 Å². The highest BCUT2D eigenvalue weighted by Crippen LogP contribution is 2.34. The van der Waals surface area contributed by atoms with E-state index in [4.69, 9.17) is 19.4 Å². The van der Waals surface area contributed by atoms with Gasteiger partial charge in [0, 0.05) is 27.5 Å². The number of furan rings is 1. The van der Waals surface area contributed by atoms with E-state index in [1.165, 1.54) is 16.3 Å². The molecule has 0 atom stereocenters. The van der Waals surface area contributed by atoms with E-state index in [2.05, 4.69) is 127 Å². The van der Waals surface area contributed by atoms with E-state index >= 15 is 0 Å². The third-order valence-electron chi connectivity index (χ3n) is 8.53.